The zero-order valence-corrected chi connectivity index (χ0v) is 6.94. The summed E-state index contributed by atoms with van der Waals surface area (Å²) in [5.74, 6) is -2.88. The van der Waals surface area contributed by atoms with Crippen LogP contribution >= 0.6 is 0 Å². The molecule has 6 nitrogen and oxygen atoms in total. The number of carboxylic acids is 2. The van der Waals surface area contributed by atoms with Crippen molar-refractivity contribution in [2.75, 3.05) is 13.2 Å². The van der Waals surface area contributed by atoms with Gasteiger partial charge in [0, 0.05) is 0 Å². The molecule has 0 atom stereocenters. The minimum atomic E-state index is -1.44. The van der Waals surface area contributed by atoms with Crippen LogP contribution in [0.4, 0.5) is 0 Å². The summed E-state index contributed by atoms with van der Waals surface area (Å²) in [4.78, 5) is 18.0. The van der Waals surface area contributed by atoms with Crippen molar-refractivity contribution in [2.24, 2.45) is 0 Å². The molecule has 0 spiro atoms. The molecule has 0 saturated heterocycles. The summed E-state index contributed by atoms with van der Waals surface area (Å²) in [6.45, 7) is -1.78. The van der Waals surface area contributed by atoms with Crippen molar-refractivity contribution < 1.29 is 67.7 Å². The molecule has 0 unspecified atom stereocenters. The Kier molecular flexibility index (Phi) is 32.6. The molecule has 2 N–H and O–H groups in total. The quantitative estimate of drug-likeness (QED) is 0.391. The van der Waals surface area contributed by atoms with Gasteiger partial charge in [0.2, 0.25) is 0 Å². The van der Waals surface area contributed by atoms with Gasteiger partial charge in [-0.05, 0) is 0 Å². The van der Waals surface area contributed by atoms with E-state index in [0.717, 1.165) is 0 Å². The number of carboxylic acid groups (broad SMARTS) is 2. The third-order valence-corrected chi connectivity index (χ3v) is 0.258. The average molecular weight is 164 g/mol. The van der Waals surface area contributed by atoms with Gasteiger partial charge in [-0.15, -0.1) is 0 Å². The largest absolute Gasteiger partial charge is 1.00 e. The molecule has 0 aromatic carbocycles. The van der Waals surface area contributed by atoms with Crippen molar-refractivity contribution in [3.8, 4) is 0 Å². The minimum absolute atomic E-state index is 0. The predicted molar refractivity (Wildman–Crippen MR) is 24.2 cm³/mol. The van der Waals surface area contributed by atoms with Crippen LogP contribution in [-0.4, -0.2) is 35.4 Å². The van der Waals surface area contributed by atoms with Crippen LogP contribution in [0.25, 0.3) is 0 Å². The SMILES string of the molecule is O=C([O-])CO.O=C([O-])CO.[Li+].[Li+]. The summed E-state index contributed by atoms with van der Waals surface area (Å²) in [6, 6.07) is 0. The summed E-state index contributed by atoms with van der Waals surface area (Å²) < 4.78 is 0. The van der Waals surface area contributed by atoms with E-state index in [1.54, 1.807) is 0 Å². The molecule has 0 aliphatic carbocycles. The fraction of sp³-hybridized carbons (Fsp3) is 0.500. The van der Waals surface area contributed by atoms with Crippen LogP contribution in [0.5, 0.6) is 0 Å². The second kappa shape index (κ2) is 17.2. The Balaban J connectivity index is -0.0000000457. The number of carbonyl (C=O) groups excluding carboxylic acids is 2. The first-order valence-corrected chi connectivity index (χ1v) is 2.16. The molecule has 0 aromatic rings. The number of carbonyl (C=O) groups is 2. The first-order chi connectivity index (χ1) is 4.54. The molecule has 0 fully saturated rings. The van der Waals surface area contributed by atoms with Gasteiger partial charge in [-0.2, -0.15) is 0 Å². The number of aliphatic hydroxyl groups excluding tert-OH is 2. The van der Waals surface area contributed by atoms with Crippen LogP contribution in [-0.2, 0) is 9.59 Å². The van der Waals surface area contributed by atoms with Crippen LogP contribution in [0.15, 0.2) is 0 Å². The number of aliphatic carboxylic acids is 2. The molecule has 0 aromatic heterocycles. The zero-order chi connectivity index (χ0) is 8.57. The zero-order valence-electron chi connectivity index (χ0n) is 6.94. The van der Waals surface area contributed by atoms with E-state index in [9.17, 15) is 0 Å². The summed E-state index contributed by atoms with van der Waals surface area (Å²) in [7, 11) is 0. The van der Waals surface area contributed by atoms with Gasteiger partial charge in [0.15, 0.2) is 0 Å². The number of rotatable bonds is 2. The summed E-state index contributed by atoms with van der Waals surface area (Å²) >= 11 is 0. The van der Waals surface area contributed by atoms with Crippen LogP contribution in [0.3, 0.4) is 0 Å². The number of aliphatic hydroxyl groups is 2. The van der Waals surface area contributed by atoms with E-state index in [-0.39, 0.29) is 37.7 Å². The monoisotopic (exact) mass is 164 g/mol. The van der Waals surface area contributed by atoms with Gasteiger partial charge in [-0.1, -0.05) is 0 Å². The molecule has 60 valence electrons. The van der Waals surface area contributed by atoms with Crippen LogP contribution in [0.1, 0.15) is 0 Å². The molecular formula is C4H6Li2O6. The number of hydrogen-bond donors (Lipinski definition) is 2. The summed E-state index contributed by atoms with van der Waals surface area (Å²) in [5, 5.41) is 33.0. The maximum atomic E-state index is 9.01. The van der Waals surface area contributed by atoms with Crippen molar-refractivity contribution >= 4 is 11.9 Å². The Morgan fingerprint density at radius 1 is 0.917 bits per heavy atom. The summed E-state index contributed by atoms with van der Waals surface area (Å²) in [6.07, 6.45) is 0. The second-order valence-corrected chi connectivity index (χ2v) is 1.06. The Hall–Kier alpha value is 0.0548. The van der Waals surface area contributed by atoms with Crippen LogP contribution in [0, 0.1) is 0 Å². The van der Waals surface area contributed by atoms with Crippen molar-refractivity contribution in [1.29, 1.82) is 0 Å². The van der Waals surface area contributed by atoms with Gasteiger partial charge in [0.1, 0.15) is 0 Å². The van der Waals surface area contributed by atoms with E-state index in [0.29, 0.717) is 0 Å². The molecule has 0 heterocycles. The molecule has 12 heavy (non-hydrogen) atoms. The molecule has 0 radical (unpaired) electrons. The second-order valence-electron chi connectivity index (χ2n) is 1.06. The molecule has 0 saturated carbocycles. The van der Waals surface area contributed by atoms with Gasteiger partial charge < -0.3 is 30.0 Å². The smallest absolute Gasteiger partial charge is 0.548 e. The van der Waals surface area contributed by atoms with E-state index >= 15 is 0 Å². The van der Waals surface area contributed by atoms with Gasteiger partial charge in [-0.3, -0.25) is 0 Å². The van der Waals surface area contributed by atoms with Gasteiger partial charge in [0.05, 0.1) is 25.2 Å². The molecular weight excluding hydrogens is 158 g/mol. The van der Waals surface area contributed by atoms with Crippen molar-refractivity contribution in [2.45, 2.75) is 0 Å². The fourth-order valence-electron chi connectivity index (χ4n) is 0. The normalized spacial score (nSPS) is 6.17. The van der Waals surface area contributed by atoms with E-state index < -0.39 is 25.2 Å². The third-order valence-electron chi connectivity index (χ3n) is 0.258. The van der Waals surface area contributed by atoms with Crippen molar-refractivity contribution in [1.82, 2.24) is 0 Å². The van der Waals surface area contributed by atoms with Gasteiger partial charge in [-0.25, -0.2) is 0 Å². The van der Waals surface area contributed by atoms with E-state index in [1.165, 1.54) is 0 Å². The maximum absolute atomic E-state index is 9.01. The standard InChI is InChI=1S/2C2H4O3.2Li/c2*3-1-2(4)5;;/h2*3H,1H2,(H,4,5);;/q;;2*+1/p-2. The van der Waals surface area contributed by atoms with Crippen LogP contribution < -0.4 is 47.9 Å². The molecule has 8 heteroatoms. The Labute approximate surface area is 92.9 Å². The molecule has 0 amide bonds. The van der Waals surface area contributed by atoms with Crippen molar-refractivity contribution in [3.63, 3.8) is 0 Å². The van der Waals surface area contributed by atoms with E-state index in [2.05, 4.69) is 0 Å². The molecule has 0 aliphatic rings. The maximum Gasteiger partial charge on any atom is 1.00 e. The average Bonchev–Trinajstić information content (AvgIpc) is 1.89. The van der Waals surface area contributed by atoms with Crippen LogP contribution in [0.2, 0.25) is 0 Å². The van der Waals surface area contributed by atoms with Gasteiger partial charge in [0.25, 0.3) is 0 Å². The minimum Gasteiger partial charge on any atom is -0.548 e. The Bertz CT molecular complexity index is 102. The van der Waals surface area contributed by atoms with Gasteiger partial charge >= 0.3 is 37.7 Å². The molecule has 0 bridgehead atoms. The Morgan fingerprint density at radius 3 is 1.00 bits per heavy atom. The molecule has 0 aliphatic heterocycles. The topological polar surface area (TPSA) is 121 Å². The van der Waals surface area contributed by atoms with E-state index in [1.807, 2.05) is 0 Å². The fourth-order valence-corrected chi connectivity index (χ4v) is 0. The predicted octanol–water partition coefficient (Wildman–Crippen LogP) is -10.5. The third kappa shape index (κ3) is 50.1. The Morgan fingerprint density at radius 2 is 1.00 bits per heavy atom. The molecule has 0 rings (SSSR count). The van der Waals surface area contributed by atoms with Crippen molar-refractivity contribution in [3.05, 3.63) is 0 Å². The first kappa shape index (κ1) is 22.7. The number of hydrogen-bond acceptors (Lipinski definition) is 6. The van der Waals surface area contributed by atoms with E-state index in [4.69, 9.17) is 30.0 Å². The first-order valence-electron chi connectivity index (χ1n) is 2.16. The summed E-state index contributed by atoms with van der Waals surface area (Å²) in [5.41, 5.74) is 0.